The van der Waals surface area contributed by atoms with Crippen molar-refractivity contribution < 1.29 is 28.5 Å². The van der Waals surface area contributed by atoms with Gasteiger partial charge in [-0.25, -0.2) is 0 Å². The van der Waals surface area contributed by atoms with Crippen LogP contribution in [0.15, 0.2) is 24.3 Å². The molecule has 7 nitrogen and oxygen atoms in total. The molecule has 0 aromatic carbocycles. The zero-order chi connectivity index (χ0) is 33.2. The Morgan fingerprint density at radius 3 is 1.73 bits per heavy atom. The van der Waals surface area contributed by atoms with Crippen LogP contribution in [-0.4, -0.2) is 76.6 Å². The van der Waals surface area contributed by atoms with Crippen LogP contribution in [0.4, 0.5) is 0 Å². The van der Waals surface area contributed by atoms with E-state index in [-0.39, 0.29) is 24.7 Å². The molecule has 0 bridgehead atoms. The minimum absolute atomic E-state index is 0.137. The molecule has 266 valence electrons. The molecule has 0 aromatic rings. The molecule has 0 amide bonds. The van der Waals surface area contributed by atoms with Crippen LogP contribution in [0.2, 0.25) is 0 Å². The van der Waals surface area contributed by atoms with Gasteiger partial charge < -0.3 is 28.6 Å². The smallest absolute Gasteiger partial charge is 0.306 e. The summed E-state index contributed by atoms with van der Waals surface area (Å²) in [7, 11) is 4.03. The summed E-state index contributed by atoms with van der Waals surface area (Å²) in [5.74, 6) is -0.137. The van der Waals surface area contributed by atoms with E-state index in [2.05, 4.69) is 43.1 Å². The van der Waals surface area contributed by atoms with E-state index >= 15 is 0 Å². The molecular weight excluding hydrogens is 566 g/mol. The van der Waals surface area contributed by atoms with Crippen molar-refractivity contribution in [2.24, 2.45) is 0 Å². The number of rotatable bonds is 34. The van der Waals surface area contributed by atoms with Crippen molar-refractivity contribution in [3.63, 3.8) is 0 Å². The van der Waals surface area contributed by atoms with E-state index in [9.17, 15) is 4.79 Å². The Bertz CT molecular complexity index is 683. The summed E-state index contributed by atoms with van der Waals surface area (Å²) >= 11 is 0. The van der Waals surface area contributed by atoms with Crippen LogP contribution in [0.3, 0.4) is 0 Å². The molecule has 7 heteroatoms. The van der Waals surface area contributed by atoms with Crippen molar-refractivity contribution in [3.05, 3.63) is 24.3 Å². The molecule has 0 aromatic heterocycles. The fourth-order valence-corrected chi connectivity index (χ4v) is 4.86. The third-order valence-corrected chi connectivity index (χ3v) is 7.71. The van der Waals surface area contributed by atoms with Crippen LogP contribution >= 0.6 is 0 Å². The van der Waals surface area contributed by atoms with E-state index in [1.165, 1.54) is 64.2 Å². The topological polar surface area (TPSA) is 66.5 Å². The number of allylic oxidation sites excluding steroid dienone is 2. The second kappa shape index (κ2) is 34.1. The van der Waals surface area contributed by atoms with Crippen molar-refractivity contribution in [2.45, 2.75) is 168 Å². The molecule has 0 spiro atoms. The average molecular weight is 640 g/mol. The Labute approximate surface area is 278 Å². The monoisotopic (exact) mass is 640 g/mol. The summed E-state index contributed by atoms with van der Waals surface area (Å²) in [5, 5.41) is 0. The lowest BCUT2D eigenvalue weighted by atomic mass is 10.1. The van der Waals surface area contributed by atoms with Crippen LogP contribution in [-0.2, 0) is 28.5 Å². The maximum absolute atomic E-state index is 12.5. The second-order valence-corrected chi connectivity index (χ2v) is 12.6. The summed E-state index contributed by atoms with van der Waals surface area (Å²) in [5.41, 5.74) is 0. The van der Waals surface area contributed by atoms with E-state index in [1.54, 1.807) is 0 Å². The number of hydrogen-bond acceptors (Lipinski definition) is 7. The largest absolute Gasteiger partial charge is 0.460 e. The van der Waals surface area contributed by atoms with Gasteiger partial charge in [0.15, 0.2) is 12.6 Å². The van der Waals surface area contributed by atoms with Gasteiger partial charge in [0.2, 0.25) is 0 Å². The first kappa shape index (κ1) is 43.8. The van der Waals surface area contributed by atoms with Crippen molar-refractivity contribution >= 4 is 5.97 Å². The van der Waals surface area contributed by atoms with E-state index in [0.29, 0.717) is 26.2 Å². The maximum Gasteiger partial charge on any atom is 0.306 e. The van der Waals surface area contributed by atoms with E-state index in [1.807, 2.05) is 27.9 Å². The first-order valence-corrected chi connectivity index (χ1v) is 18.5. The van der Waals surface area contributed by atoms with Gasteiger partial charge in [-0.05, 0) is 85.9 Å². The highest BCUT2D eigenvalue weighted by Gasteiger charge is 2.16. The lowest BCUT2D eigenvalue weighted by molar-refractivity contribution is -0.167. The van der Waals surface area contributed by atoms with Crippen LogP contribution < -0.4 is 0 Å². The predicted octanol–water partition coefficient (Wildman–Crippen LogP) is 9.78. The second-order valence-electron chi connectivity index (χ2n) is 12.6. The lowest BCUT2D eigenvalue weighted by Gasteiger charge is -2.21. The number of carbonyl (C=O) groups is 1. The molecule has 0 aliphatic rings. The van der Waals surface area contributed by atoms with Gasteiger partial charge in [-0.1, -0.05) is 102 Å². The highest BCUT2D eigenvalue weighted by Crippen LogP contribution is 2.14. The number of carbonyl (C=O) groups excluding carboxylic acids is 1. The molecule has 0 N–H and O–H groups in total. The van der Waals surface area contributed by atoms with E-state index < -0.39 is 0 Å². The summed E-state index contributed by atoms with van der Waals surface area (Å²) in [4.78, 5) is 14.6. The molecule has 0 saturated heterocycles. The third kappa shape index (κ3) is 33.9. The zero-order valence-corrected chi connectivity index (χ0v) is 30.4. The van der Waals surface area contributed by atoms with Crippen molar-refractivity contribution in [3.8, 4) is 0 Å². The molecule has 0 radical (unpaired) electrons. The number of ether oxygens (including phenoxy) is 5. The Balaban J connectivity index is 4.12. The Morgan fingerprint density at radius 1 is 0.622 bits per heavy atom. The highest BCUT2D eigenvalue weighted by molar-refractivity contribution is 5.69. The molecule has 0 aliphatic carbocycles. The van der Waals surface area contributed by atoms with Gasteiger partial charge in [0.25, 0.3) is 0 Å². The summed E-state index contributed by atoms with van der Waals surface area (Å²) in [6, 6.07) is 0. The van der Waals surface area contributed by atoms with Gasteiger partial charge in [-0.2, -0.15) is 0 Å². The van der Waals surface area contributed by atoms with Crippen LogP contribution in [0.25, 0.3) is 0 Å². The van der Waals surface area contributed by atoms with Gasteiger partial charge >= 0.3 is 5.97 Å². The molecule has 0 fully saturated rings. The fourth-order valence-electron chi connectivity index (χ4n) is 4.86. The van der Waals surface area contributed by atoms with Crippen LogP contribution in [0, 0.1) is 0 Å². The zero-order valence-electron chi connectivity index (χ0n) is 30.4. The molecule has 3 atom stereocenters. The molecule has 0 saturated carbocycles. The van der Waals surface area contributed by atoms with E-state index in [0.717, 1.165) is 64.5 Å². The Morgan fingerprint density at radius 2 is 1.16 bits per heavy atom. The quantitative estimate of drug-likeness (QED) is 0.0300. The summed E-state index contributed by atoms with van der Waals surface area (Å²) in [6.45, 7) is 11.5. The maximum atomic E-state index is 12.5. The van der Waals surface area contributed by atoms with Gasteiger partial charge in [-0.3, -0.25) is 4.79 Å². The molecule has 45 heavy (non-hydrogen) atoms. The average Bonchev–Trinajstić information content (AvgIpc) is 3.01. The van der Waals surface area contributed by atoms with Gasteiger partial charge in [0.1, 0.15) is 6.10 Å². The SMILES string of the molecule is CCCCCC/C=C\COC(C)OCCCCCCCCC(COC(C)OC/C=C\CCCCCC)OC(=O)CCCN(C)C. The third-order valence-electron chi connectivity index (χ3n) is 7.71. The minimum Gasteiger partial charge on any atom is -0.460 e. The number of unbranched alkanes of at least 4 members (excludes halogenated alkanes) is 13. The van der Waals surface area contributed by atoms with Crippen molar-refractivity contribution in [1.82, 2.24) is 4.90 Å². The fraction of sp³-hybridized carbons (Fsp3) is 0.868. The van der Waals surface area contributed by atoms with E-state index in [4.69, 9.17) is 23.7 Å². The van der Waals surface area contributed by atoms with Gasteiger partial charge in [-0.15, -0.1) is 0 Å². The molecular formula is C38H73NO6. The first-order chi connectivity index (χ1) is 21.9. The molecule has 3 unspecified atom stereocenters. The lowest BCUT2D eigenvalue weighted by Crippen LogP contribution is -2.27. The Kier molecular flexibility index (Phi) is 33.1. The normalized spacial score (nSPS) is 14.1. The molecule has 0 aliphatic heterocycles. The predicted molar refractivity (Wildman–Crippen MR) is 189 cm³/mol. The number of nitrogens with zero attached hydrogens (tertiary/aromatic N) is 1. The molecule has 0 rings (SSSR count). The number of esters is 1. The molecule has 0 heterocycles. The van der Waals surface area contributed by atoms with Gasteiger partial charge in [0.05, 0.1) is 19.8 Å². The van der Waals surface area contributed by atoms with Gasteiger partial charge in [0, 0.05) is 13.0 Å². The van der Waals surface area contributed by atoms with Crippen molar-refractivity contribution in [1.29, 1.82) is 0 Å². The van der Waals surface area contributed by atoms with Crippen LogP contribution in [0.1, 0.15) is 150 Å². The van der Waals surface area contributed by atoms with Crippen molar-refractivity contribution in [2.75, 3.05) is 47.1 Å². The highest BCUT2D eigenvalue weighted by atomic mass is 16.7. The first-order valence-electron chi connectivity index (χ1n) is 18.5. The summed E-state index contributed by atoms with van der Waals surface area (Å²) in [6.07, 6.45) is 29.1. The Hall–Kier alpha value is -1.25. The van der Waals surface area contributed by atoms with Crippen LogP contribution in [0.5, 0.6) is 0 Å². The standard InChI is InChI=1S/C38H73NO6/c1-7-9-11-13-16-20-24-31-41-35(3)42-32-25-22-18-15-19-23-28-37(45-38(40)29-27-30-39(5)6)34-44-36(4)43-33-26-21-17-14-12-10-8-2/h20-21,24,26,35-37H,7-19,22-23,25,27-34H2,1-6H3/b24-20-,26-21-. The summed E-state index contributed by atoms with van der Waals surface area (Å²) < 4.78 is 29.1. The minimum atomic E-state index is -0.336. The number of hydrogen-bond donors (Lipinski definition) is 0.